The van der Waals surface area contributed by atoms with Crippen molar-refractivity contribution in [3.8, 4) is 0 Å². The molecule has 1 atom stereocenters. The number of methoxy groups -OCH3 is 1. The maximum Gasteiger partial charge on any atom is 0.234 e. The van der Waals surface area contributed by atoms with Gasteiger partial charge in [-0.05, 0) is 24.1 Å². The van der Waals surface area contributed by atoms with E-state index >= 15 is 0 Å². The van der Waals surface area contributed by atoms with Crippen LogP contribution in [0.5, 0.6) is 0 Å². The maximum atomic E-state index is 11.9. The molecule has 0 saturated carbocycles. The summed E-state index contributed by atoms with van der Waals surface area (Å²) in [6.07, 6.45) is 0.803. The smallest absolute Gasteiger partial charge is 0.234 e. The molecule has 2 amide bonds. The fourth-order valence-electron chi connectivity index (χ4n) is 1.85. The van der Waals surface area contributed by atoms with E-state index in [0.717, 1.165) is 17.7 Å². The van der Waals surface area contributed by atoms with Crippen molar-refractivity contribution in [1.82, 2.24) is 10.6 Å². The van der Waals surface area contributed by atoms with Gasteiger partial charge in [-0.15, -0.1) is 0 Å². The normalized spacial score (nSPS) is 11.8. The monoisotopic (exact) mass is 321 g/mol. The van der Waals surface area contributed by atoms with Gasteiger partial charge in [0.1, 0.15) is 0 Å². The lowest BCUT2D eigenvalue weighted by molar-refractivity contribution is -0.120. The Morgan fingerprint density at radius 1 is 1.30 bits per heavy atom. The lowest BCUT2D eigenvalue weighted by Gasteiger charge is -2.11. The van der Waals surface area contributed by atoms with Crippen molar-refractivity contribution in [3.63, 3.8) is 0 Å². The summed E-state index contributed by atoms with van der Waals surface area (Å²) < 4.78 is 4.89. The molecular weight excluding hydrogens is 294 g/mol. The SMILES string of the molecule is CCC(C)C(=O)Nc1cccc(CNC(=O)CNCCOC)c1. The van der Waals surface area contributed by atoms with Crippen LogP contribution in [-0.2, 0) is 20.9 Å². The van der Waals surface area contributed by atoms with Crippen molar-refractivity contribution < 1.29 is 14.3 Å². The van der Waals surface area contributed by atoms with Crippen molar-refractivity contribution in [2.24, 2.45) is 5.92 Å². The van der Waals surface area contributed by atoms with Gasteiger partial charge in [-0.2, -0.15) is 0 Å². The molecule has 6 heteroatoms. The number of carbonyl (C=O) groups excluding carboxylic acids is 2. The molecule has 3 N–H and O–H groups in total. The molecule has 0 aromatic heterocycles. The van der Waals surface area contributed by atoms with Gasteiger partial charge in [0, 0.05) is 31.8 Å². The van der Waals surface area contributed by atoms with Gasteiger partial charge in [-0.3, -0.25) is 9.59 Å². The highest BCUT2D eigenvalue weighted by Gasteiger charge is 2.10. The molecular formula is C17H27N3O3. The maximum absolute atomic E-state index is 11.9. The molecule has 0 aliphatic heterocycles. The fourth-order valence-corrected chi connectivity index (χ4v) is 1.85. The minimum Gasteiger partial charge on any atom is -0.383 e. The number of anilines is 1. The van der Waals surface area contributed by atoms with Gasteiger partial charge in [0.2, 0.25) is 11.8 Å². The molecule has 1 rings (SSSR count). The molecule has 1 aromatic carbocycles. The Bertz CT molecular complexity index is 506. The highest BCUT2D eigenvalue weighted by Crippen LogP contribution is 2.13. The average molecular weight is 321 g/mol. The first-order valence-corrected chi connectivity index (χ1v) is 7.93. The molecule has 0 bridgehead atoms. The minimum atomic E-state index is -0.0739. The summed E-state index contributed by atoms with van der Waals surface area (Å²) in [5.41, 5.74) is 1.69. The van der Waals surface area contributed by atoms with Crippen molar-refractivity contribution in [3.05, 3.63) is 29.8 Å². The van der Waals surface area contributed by atoms with Gasteiger partial charge in [-0.1, -0.05) is 26.0 Å². The number of ether oxygens (including phenoxy) is 1. The summed E-state index contributed by atoms with van der Waals surface area (Å²) >= 11 is 0. The van der Waals surface area contributed by atoms with Crippen molar-refractivity contribution in [2.45, 2.75) is 26.8 Å². The van der Waals surface area contributed by atoms with E-state index in [9.17, 15) is 9.59 Å². The standard InChI is InChI=1S/C17H27N3O3/c1-4-13(2)17(22)20-15-7-5-6-14(10-15)11-19-16(21)12-18-8-9-23-3/h5-7,10,13,18H,4,8-9,11-12H2,1-3H3,(H,19,21)(H,20,22). The molecule has 0 aliphatic rings. The second-order valence-electron chi connectivity index (χ2n) is 5.45. The number of carbonyl (C=O) groups is 2. The second kappa shape index (κ2) is 10.7. The van der Waals surface area contributed by atoms with Gasteiger partial charge in [0.05, 0.1) is 13.2 Å². The van der Waals surface area contributed by atoms with Crippen molar-refractivity contribution in [2.75, 3.05) is 32.1 Å². The van der Waals surface area contributed by atoms with Gasteiger partial charge in [0.15, 0.2) is 0 Å². The summed E-state index contributed by atoms with van der Waals surface area (Å²) in [5.74, 6) is -0.0808. The van der Waals surface area contributed by atoms with Crippen LogP contribution >= 0.6 is 0 Å². The Kier molecular flexibility index (Phi) is 8.94. The molecule has 0 heterocycles. The molecule has 0 saturated heterocycles. The Morgan fingerprint density at radius 2 is 2.09 bits per heavy atom. The van der Waals surface area contributed by atoms with Gasteiger partial charge >= 0.3 is 0 Å². The second-order valence-corrected chi connectivity index (χ2v) is 5.45. The third-order valence-electron chi connectivity index (χ3n) is 3.51. The molecule has 1 unspecified atom stereocenters. The predicted octanol–water partition coefficient (Wildman–Crippen LogP) is 1.52. The summed E-state index contributed by atoms with van der Waals surface area (Å²) in [4.78, 5) is 23.6. The lowest BCUT2D eigenvalue weighted by atomic mass is 10.1. The molecule has 128 valence electrons. The van der Waals surface area contributed by atoms with Crippen LogP contribution < -0.4 is 16.0 Å². The topological polar surface area (TPSA) is 79.5 Å². The predicted molar refractivity (Wildman–Crippen MR) is 91.1 cm³/mol. The van der Waals surface area contributed by atoms with Crippen LogP contribution in [0.15, 0.2) is 24.3 Å². The number of rotatable bonds is 10. The van der Waals surface area contributed by atoms with Crippen molar-refractivity contribution in [1.29, 1.82) is 0 Å². The van der Waals surface area contributed by atoms with Crippen LogP contribution in [0.25, 0.3) is 0 Å². The zero-order valence-electron chi connectivity index (χ0n) is 14.1. The number of benzene rings is 1. The molecule has 0 spiro atoms. The molecule has 0 radical (unpaired) electrons. The van der Waals surface area contributed by atoms with Crippen LogP contribution in [0.1, 0.15) is 25.8 Å². The first-order valence-electron chi connectivity index (χ1n) is 7.93. The zero-order chi connectivity index (χ0) is 17.1. The number of hydrogen-bond acceptors (Lipinski definition) is 4. The van der Waals surface area contributed by atoms with E-state index in [1.807, 2.05) is 38.1 Å². The minimum absolute atomic E-state index is 0.0102. The molecule has 0 aliphatic carbocycles. The highest BCUT2D eigenvalue weighted by molar-refractivity contribution is 5.92. The first-order chi connectivity index (χ1) is 11.1. The van der Waals surface area contributed by atoms with E-state index < -0.39 is 0 Å². The van der Waals surface area contributed by atoms with Gasteiger partial charge in [-0.25, -0.2) is 0 Å². The van der Waals surface area contributed by atoms with Crippen LogP contribution in [0.4, 0.5) is 5.69 Å². The number of amides is 2. The van der Waals surface area contributed by atoms with Crippen LogP contribution in [0.3, 0.4) is 0 Å². The Hall–Kier alpha value is -1.92. The molecule has 6 nitrogen and oxygen atoms in total. The van der Waals surface area contributed by atoms with E-state index in [4.69, 9.17) is 4.74 Å². The van der Waals surface area contributed by atoms with E-state index in [1.165, 1.54) is 0 Å². The molecule has 23 heavy (non-hydrogen) atoms. The van der Waals surface area contributed by atoms with E-state index in [0.29, 0.717) is 19.7 Å². The third kappa shape index (κ3) is 7.76. The lowest BCUT2D eigenvalue weighted by Crippen LogP contribution is -2.34. The van der Waals surface area contributed by atoms with Gasteiger partial charge < -0.3 is 20.7 Å². The van der Waals surface area contributed by atoms with E-state index in [1.54, 1.807) is 7.11 Å². The summed E-state index contributed by atoms with van der Waals surface area (Å²) in [7, 11) is 1.62. The Morgan fingerprint density at radius 3 is 2.78 bits per heavy atom. The average Bonchev–Trinajstić information content (AvgIpc) is 2.56. The largest absolute Gasteiger partial charge is 0.383 e. The highest BCUT2D eigenvalue weighted by atomic mass is 16.5. The summed E-state index contributed by atoms with van der Waals surface area (Å²) in [6, 6.07) is 7.50. The fraction of sp³-hybridized carbons (Fsp3) is 0.529. The summed E-state index contributed by atoms with van der Waals surface area (Å²) in [6.45, 7) is 5.78. The van der Waals surface area contributed by atoms with Crippen LogP contribution in [0.2, 0.25) is 0 Å². The quantitative estimate of drug-likeness (QED) is 0.571. The first kappa shape index (κ1) is 19.1. The van der Waals surface area contributed by atoms with Crippen LogP contribution in [-0.4, -0.2) is 38.6 Å². The molecule has 0 fully saturated rings. The Labute approximate surface area is 138 Å². The van der Waals surface area contributed by atoms with E-state index in [-0.39, 0.29) is 24.3 Å². The number of nitrogens with one attached hydrogen (secondary N) is 3. The third-order valence-corrected chi connectivity index (χ3v) is 3.51. The van der Waals surface area contributed by atoms with Gasteiger partial charge in [0.25, 0.3) is 0 Å². The zero-order valence-corrected chi connectivity index (χ0v) is 14.1. The number of hydrogen-bond donors (Lipinski definition) is 3. The van der Waals surface area contributed by atoms with Crippen molar-refractivity contribution >= 4 is 17.5 Å². The van der Waals surface area contributed by atoms with E-state index in [2.05, 4.69) is 16.0 Å². The summed E-state index contributed by atoms with van der Waals surface area (Å²) in [5, 5.41) is 8.71. The van der Waals surface area contributed by atoms with Crippen LogP contribution in [0, 0.1) is 5.92 Å². The molecule has 1 aromatic rings. The Balaban J connectivity index is 2.41.